The molecule has 34 heavy (non-hydrogen) atoms. The Morgan fingerprint density at radius 2 is 1.85 bits per heavy atom. The number of nitriles is 1. The van der Waals surface area contributed by atoms with Crippen molar-refractivity contribution in [1.82, 2.24) is 19.6 Å². The highest BCUT2D eigenvalue weighted by molar-refractivity contribution is 6.74. The molecule has 0 aliphatic carbocycles. The van der Waals surface area contributed by atoms with E-state index in [1.807, 2.05) is 25.1 Å². The fourth-order valence-corrected chi connectivity index (χ4v) is 4.66. The van der Waals surface area contributed by atoms with Crippen LogP contribution in [0.2, 0.25) is 18.1 Å². The summed E-state index contributed by atoms with van der Waals surface area (Å²) in [6.07, 6.45) is 2.29. The second-order valence-electron chi connectivity index (χ2n) is 10.1. The van der Waals surface area contributed by atoms with Gasteiger partial charge in [-0.2, -0.15) is 14.9 Å². The van der Waals surface area contributed by atoms with Crippen molar-refractivity contribution < 1.29 is 4.43 Å². The second kappa shape index (κ2) is 10.1. The molecule has 0 spiro atoms. The number of pyridine rings is 1. The summed E-state index contributed by atoms with van der Waals surface area (Å²) >= 11 is 0. The van der Waals surface area contributed by atoms with Crippen molar-refractivity contribution in [1.29, 1.82) is 5.26 Å². The van der Waals surface area contributed by atoms with Crippen molar-refractivity contribution in [2.75, 3.05) is 24.2 Å². The number of nitrogens with one attached hydrogen (secondary N) is 1. The summed E-state index contributed by atoms with van der Waals surface area (Å²) < 4.78 is 7.86. The first-order valence-electron chi connectivity index (χ1n) is 11.9. The molecule has 0 bridgehead atoms. The Kier molecular flexibility index (Phi) is 7.63. The normalized spacial score (nSPS) is 12.2. The Morgan fingerprint density at radius 1 is 1.18 bits per heavy atom. The highest BCUT2D eigenvalue weighted by atomic mass is 28.4. The van der Waals surface area contributed by atoms with Gasteiger partial charge in [-0.1, -0.05) is 33.8 Å². The summed E-state index contributed by atoms with van der Waals surface area (Å²) in [6.45, 7) is 16.6. The van der Waals surface area contributed by atoms with Gasteiger partial charge in [0.15, 0.2) is 14.0 Å². The summed E-state index contributed by atoms with van der Waals surface area (Å²) in [5, 5.41) is 17.6. The van der Waals surface area contributed by atoms with Crippen LogP contribution in [-0.4, -0.2) is 41.1 Å². The molecule has 0 unspecified atom stereocenters. The van der Waals surface area contributed by atoms with E-state index < -0.39 is 8.32 Å². The summed E-state index contributed by atoms with van der Waals surface area (Å²) in [7, 11) is -1.76. The molecule has 3 rings (SSSR count). The molecule has 0 aliphatic rings. The maximum atomic E-state index is 9.66. The van der Waals surface area contributed by atoms with E-state index in [0.717, 1.165) is 35.5 Å². The van der Waals surface area contributed by atoms with Crippen molar-refractivity contribution in [2.24, 2.45) is 0 Å². The molecular weight excluding hydrogens is 442 g/mol. The van der Waals surface area contributed by atoms with Crippen molar-refractivity contribution in [2.45, 2.75) is 72.0 Å². The van der Waals surface area contributed by atoms with E-state index in [0.29, 0.717) is 42.4 Å². The number of nitrogens with zero attached hydrogens (tertiary/aromatic N) is 5. The summed E-state index contributed by atoms with van der Waals surface area (Å²) in [4.78, 5) is 9.48. The Morgan fingerprint density at radius 3 is 2.47 bits per heavy atom. The monoisotopic (exact) mass is 479 g/mol. The molecule has 3 aromatic rings. The van der Waals surface area contributed by atoms with E-state index in [2.05, 4.69) is 62.3 Å². The number of rotatable bonds is 9. The van der Waals surface area contributed by atoms with Gasteiger partial charge in [-0.3, -0.25) is 4.98 Å². The van der Waals surface area contributed by atoms with Crippen LogP contribution >= 0.6 is 0 Å². The molecule has 0 fully saturated rings. The average Bonchev–Trinajstić information content (AvgIpc) is 3.08. The van der Waals surface area contributed by atoms with Crippen LogP contribution in [0.4, 0.5) is 11.6 Å². The molecule has 0 aromatic carbocycles. The summed E-state index contributed by atoms with van der Waals surface area (Å²) in [5.74, 6) is 0.792. The van der Waals surface area contributed by atoms with Crippen LogP contribution in [0.5, 0.6) is 0 Å². The zero-order valence-corrected chi connectivity index (χ0v) is 22.5. The van der Waals surface area contributed by atoms with Gasteiger partial charge in [0.1, 0.15) is 23.3 Å². The number of nitrogen functional groups attached to an aromatic ring is 1. The number of fused-ring (bicyclic) bond motifs is 1. The molecule has 8 nitrogen and oxygen atoms in total. The van der Waals surface area contributed by atoms with Crippen LogP contribution in [0.1, 0.15) is 55.9 Å². The third-order valence-electron chi connectivity index (χ3n) is 6.73. The Bertz CT molecular complexity index is 1200. The predicted molar refractivity (Wildman–Crippen MR) is 140 cm³/mol. The molecule has 0 amide bonds. The molecule has 3 heterocycles. The van der Waals surface area contributed by atoms with Gasteiger partial charge >= 0.3 is 0 Å². The van der Waals surface area contributed by atoms with Gasteiger partial charge in [0.05, 0.1) is 5.69 Å². The number of anilines is 2. The summed E-state index contributed by atoms with van der Waals surface area (Å²) in [6, 6.07) is 8.27. The van der Waals surface area contributed by atoms with E-state index in [1.54, 1.807) is 4.52 Å². The minimum Gasteiger partial charge on any atom is -0.416 e. The van der Waals surface area contributed by atoms with Crippen LogP contribution in [-0.2, 0) is 23.7 Å². The maximum Gasteiger partial charge on any atom is 0.191 e. The molecule has 0 saturated heterocycles. The van der Waals surface area contributed by atoms with Crippen molar-refractivity contribution in [3.8, 4) is 6.07 Å². The van der Waals surface area contributed by atoms with E-state index >= 15 is 0 Å². The summed E-state index contributed by atoms with van der Waals surface area (Å²) in [5.41, 5.74) is 11.2. The minimum atomic E-state index is -1.76. The number of nitrogens with two attached hydrogens (primary N) is 1. The standard InChI is InChI=1S/C25H37N7OSi/c1-8-20-17(2)31-32-22(27)21(16-26)23(30-24(20)32)28-14-12-18-10-9-11-19(29-18)13-15-33-34(6,7)25(3,4)5/h9-11H,8,12-15,27H2,1-7H3,(H,28,30). The molecule has 0 radical (unpaired) electrons. The van der Waals surface area contributed by atoms with Crippen LogP contribution in [0.15, 0.2) is 18.2 Å². The minimum absolute atomic E-state index is 0.199. The van der Waals surface area contributed by atoms with Gasteiger partial charge in [-0.25, -0.2) is 4.98 Å². The highest BCUT2D eigenvalue weighted by Crippen LogP contribution is 2.36. The molecule has 0 atom stereocenters. The third-order valence-corrected chi connectivity index (χ3v) is 11.3. The van der Waals surface area contributed by atoms with Crippen LogP contribution in [0, 0.1) is 18.3 Å². The molecule has 3 aromatic heterocycles. The van der Waals surface area contributed by atoms with Gasteiger partial charge in [-0.15, -0.1) is 0 Å². The molecular formula is C25H37N7OSi. The lowest BCUT2D eigenvalue weighted by Gasteiger charge is -2.36. The maximum absolute atomic E-state index is 9.66. The zero-order chi connectivity index (χ0) is 25.1. The largest absolute Gasteiger partial charge is 0.416 e. The predicted octanol–water partition coefficient (Wildman–Crippen LogP) is 4.67. The SMILES string of the molecule is CCc1c(C)nn2c(N)c(C#N)c(NCCc3cccc(CCO[Si](C)(C)C(C)(C)C)n3)nc12. The molecule has 0 saturated carbocycles. The van der Waals surface area contributed by atoms with Gasteiger partial charge in [0.25, 0.3) is 0 Å². The van der Waals surface area contributed by atoms with Crippen molar-refractivity contribution in [3.63, 3.8) is 0 Å². The zero-order valence-electron chi connectivity index (χ0n) is 21.5. The quantitative estimate of drug-likeness (QED) is 0.429. The van der Waals surface area contributed by atoms with Crippen LogP contribution < -0.4 is 11.1 Å². The first-order valence-corrected chi connectivity index (χ1v) is 14.8. The number of hydrogen-bond donors (Lipinski definition) is 2. The third kappa shape index (κ3) is 5.40. The van der Waals surface area contributed by atoms with E-state index in [1.165, 1.54) is 0 Å². The highest BCUT2D eigenvalue weighted by Gasteiger charge is 2.36. The molecule has 0 aliphatic heterocycles. The van der Waals surface area contributed by atoms with Crippen molar-refractivity contribution >= 4 is 25.6 Å². The number of aromatic nitrogens is 4. The average molecular weight is 480 g/mol. The fourth-order valence-electron chi connectivity index (χ4n) is 3.62. The molecule has 3 N–H and O–H groups in total. The van der Waals surface area contributed by atoms with Gasteiger partial charge < -0.3 is 15.5 Å². The van der Waals surface area contributed by atoms with Gasteiger partial charge in [-0.05, 0) is 43.6 Å². The van der Waals surface area contributed by atoms with E-state index in [-0.39, 0.29) is 5.04 Å². The lowest BCUT2D eigenvalue weighted by molar-refractivity contribution is 0.290. The topological polar surface area (TPSA) is 114 Å². The van der Waals surface area contributed by atoms with E-state index in [4.69, 9.17) is 15.1 Å². The van der Waals surface area contributed by atoms with Gasteiger partial charge in [0.2, 0.25) is 0 Å². The van der Waals surface area contributed by atoms with Crippen molar-refractivity contribution in [3.05, 3.63) is 46.4 Å². The lowest BCUT2D eigenvalue weighted by Crippen LogP contribution is -2.41. The molecule has 182 valence electrons. The lowest BCUT2D eigenvalue weighted by atomic mass is 10.2. The number of hydrogen-bond acceptors (Lipinski definition) is 7. The molecule has 9 heteroatoms. The number of aryl methyl sites for hydroxylation is 2. The van der Waals surface area contributed by atoms with Crippen LogP contribution in [0.3, 0.4) is 0 Å². The van der Waals surface area contributed by atoms with E-state index in [9.17, 15) is 5.26 Å². The smallest absolute Gasteiger partial charge is 0.191 e. The fraction of sp³-hybridized carbons (Fsp3) is 0.520. The first-order chi connectivity index (χ1) is 16.0. The van der Waals surface area contributed by atoms with Gasteiger partial charge in [0, 0.05) is 42.9 Å². The Balaban J connectivity index is 1.66. The first kappa shape index (κ1) is 25.7. The Hall–Kier alpha value is -2.96. The van der Waals surface area contributed by atoms with Crippen LogP contribution in [0.25, 0.3) is 5.65 Å². The Labute approximate surface area is 203 Å². The second-order valence-corrected chi connectivity index (χ2v) is 15.0.